The van der Waals surface area contributed by atoms with E-state index in [4.69, 9.17) is 0 Å². The molecular weight excluding hydrogens is 386 g/mol. The average Bonchev–Trinajstić information content (AvgIpc) is 3.01. The molecule has 1 heterocycles. The molecule has 0 aliphatic carbocycles. The zero-order valence-electron chi connectivity index (χ0n) is 17.4. The summed E-state index contributed by atoms with van der Waals surface area (Å²) in [4.78, 5) is 14.8. The molecule has 0 saturated carbocycles. The monoisotopic (exact) mass is 413 g/mol. The van der Waals surface area contributed by atoms with Crippen molar-refractivity contribution in [1.29, 1.82) is 0 Å². The number of fused-ring (bicyclic) bond motifs is 1. The van der Waals surface area contributed by atoms with Crippen LogP contribution in [0, 0.1) is 20.8 Å². The molecule has 1 amide bonds. The summed E-state index contributed by atoms with van der Waals surface area (Å²) in [6.07, 6.45) is 2.52. The first-order valence-corrected chi connectivity index (χ1v) is 11.0. The number of nitrogens with one attached hydrogen (secondary N) is 3. The molecule has 1 aromatic heterocycles. The summed E-state index contributed by atoms with van der Waals surface area (Å²) in [7, 11) is -3.70. The van der Waals surface area contributed by atoms with Gasteiger partial charge in [-0.1, -0.05) is 18.2 Å². The molecule has 0 fully saturated rings. The Morgan fingerprint density at radius 2 is 1.83 bits per heavy atom. The van der Waals surface area contributed by atoms with Crippen LogP contribution < -0.4 is 10.0 Å². The summed E-state index contributed by atoms with van der Waals surface area (Å²) < 4.78 is 28.8. The van der Waals surface area contributed by atoms with E-state index in [0.717, 1.165) is 22.0 Å². The van der Waals surface area contributed by atoms with Gasteiger partial charge < -0.3 is 10.3 Å². The van der Waals surface area contributed by atoms with Gasteiger partial charge in [0.05, 0.1) is 4.90 Å². The van der Waals surface area contributed by atoms with Crippen molar-refractivity contribution in [3.63, 3.8) is 0 Å². The number of carbonyl (C=O) groups is 1. The van der Waals surface area contributed by atoms with E-state index in [0.29, 0.717) is 23.2 Å². The minimum absolute atomic E-state index is 0.191. The Labute approximate surface area is 171 Å². The van der Waals surface area contributed by atoms with Gasteiger partial charge in [-0.15, -0.1) is 0 Å². The molecule has 3 rings (SSSR count). The number of aromatic amines is 1. The highest BCUT2D eigenvalue weighted by atomic mass is 32.2. The second-order valence-electron chi connectivity index (χ2n) is 7.65. The first-order chi connectivity index (χ1) is 13.6. The van der Waals surface area contributed by atoms with Crippen molar-refractivity contribution < 1.29 is 13.2 Å². The van der Waals surface area contributed by atoms with Crippen LogP contribution in [-0.2, 0) is 21.2 Å². The standard InChI is InChI=1S/C22H27N3O3S/c1-13-7-6-8-19-18(12-23-22(13)19)11-16(4)25-29(27,28)21-10-14(2)20(9-15(21)3)24-17(5)26/h6-10,12,16,23,25H,11H2,1-5H3,(H,24,26)/t16-/m1/s1. The van der Waals surface area contributed by atoms with Crippen molar-refractivity contribution in [2.75, 3.05) is 5.32 Å². The van der Waals surface area contributed by atoms with Crippen LogP contribution in [0.3, 0.4) is 0 Å². The maximum atomic E-state index is 13.0. The van der Waals surface area contributed by atoms with E-state index in [1.165, 1.54) is 6.92 Å². The predicted octanol–water partition coefficient (Wildman–Crippen LogP) is 3.96. The third kappa shape index (κ3) is 4.52. The number of H-pyrrole nitrogens is 1. The lowest BCUT2D eigenvalue weighted by molar-refractivity contribution is -0.114. The second-order valence-corrected chi connectivity index (χ2v) is 9.33. The number of hydrogen-bond donors (Lipinski definition) is 3. The third-order valence-electron chi connectivity index (χ3n) is 5.01. The van der Waals surface area contributed by atoms with Crippen LogP contribution in [0.4, 0.5) is 5.69 Å². The quantitative estimate of drug-likeness (QED) is 0.571. The van der Waals surface area contributed by atoms with Gasteiger partial charge in [-0.3, -0.25) is 4.79 Å². The number of rotatable bonds is 6. The molecule has 0 spiro atoms. The number of hydrogen-bond acceptors (Lipinski definition) is 3. The molecule has 0 unspecified atom stereocenters. The highest BCUT2D eigenvalue weighted by Gasteiger charge is 2.22. The predicted molar refractivity (Wildman–Crippen MR) is 117 cm³/mol. The molecule has 0 bridgehead atoms. The van der Waals surface area contributed by atoms with Crippen LogP contribution in [0.15, 0.2) is 41.4 Å². The van der Waals surface area contributed by atoms with Crippen LogP contribution >= 0.6 is 0 Å². The third-order valence-corrected chi connectivity index (χ3v) is 6.75. The molecule has 3 aromatic rings. The van der Waals surface area contributed by atoms with E-state index in [2.05, 4.69) is 15.0 Å². The fourth-order valence-electron chi connectivity index (χ4n) is 3.64. The van der Waals surface area contributed by atoms with E-state index < -0.39 is 10.0 Å². The molecular formula is C22H27N3O3S. The van der Waals surface area contributed by atoms with Gasteiger partial charge in [-0.25, -0.2) is 13.1 Å². The maximum Gasteiger partial charge on any atom is 0.241 e. The summed E-state index contributed by atoms with van der Waals surface area (Å²) >= 11 is 0. The Kier molecular flexibility index (Phi) is 5.82. The molecule has 29 heavy (non-hydrogen) atoms. The van der Waals surface area contributed by atoms with Crippen molar-refractivity contribution in [3.8, 4) is 0 Å². The summed E-state index contributed by atoms with van der Waals surface area (Å²) in [5.74, 6) is -0.191. The number of aryl methyl sites for hydroxylation is 3. The van der Waals surface area contributed by atoms with Gasteiger partial charge in [0.1, 0.15) is 0 Å². The van der Waals surface area contributed by atoms with Crippen LogP contribution in [0.5, 0.6) is 0 Å². The number of para-hydroxylation sites is 1. The molecule has 0 aliphatic heterocycles. The Morgan fingerprint density at radius 3 is 2.52 bits per heavy atom. The summed E-state index contributed by atoms with van der Waals surface area (Å²) in [5.41, 5.74) is 5.22. The average molecular weight is 414 g/mol. The van der Waals surface area contributed by atoms with Gasteiger partial charge in [0.2, 0.25) is 15.9 Å². The lowest BCUT2D eigenvalue weighted by Gasteiger charge is -2.17. The van der Waals surface area contributed by atoms with Gasteiger partial charge in [0.25, 0.3) is 0 Å². The smallest absolute Gasteiger partial charge is 0.241 e. The molecule has 1 atom stereocenters. The van der Waals surface area contributed by atoms with E-state index >= 15 is 0 Å². The van der Waals surface area contributed by atoms with Gasteiger partial charge in [0.15, 0.2) is 0 Å². The Morgan fingerprint density at radius 1 is 1.10 bits per heavy atom. The van der Waals surface area contributed by atoms with E-state index in [-0.39, 0.29) is 16.8 Å². The van der Waals surface area contributed by atoms with Crippen LogP contribution in [-0.4, -0.2) is 25.4 Å². The van der Waals surface area contributed by atoms with Crippen LogP contribution in [0.2, 0.25) is 0 Å². The summed E-state index contributed by atoms with van der Waals surface area (Å²) in [6, 6.07) is 9.11. The van der Waals surface area contributed by atoms with Gasteiger partial charge >= 0.3 is 0 Å². The lowest BCUT2D eigenvalue weighted by Crippen LogP contribution is -2.34. The van der Waals surface area contributed by atoms with Crippen molar-refractivity contribution in [3.05, 3.63) is 58.8 Å². The first kappa shape index (κ1) is 21.1. The first-order valence-electron chi connectivity index (χ1n) is 9.55. The molecule has 154 valence electrons. The second kappa shape index (κ2) is 8.00. The number of amides is 1. The normalized spacial score (nSPS) is 12.9. The largest absolute Gasteiger partial charge is 0.361 e. The van der Waals surface area contributed by atoms with Crippen molar-refractivity contribution in [1.82, 2.24) is 9.71 Å². The number of sulfonamides is 1. The minimum Gasteiger partial charge on any atom is -0.361 e. The van der Waals surface area contributed by atoms with Gasteiger partial charge in [0, 0.05) is 35.8 Å². The van der Waals surface area contributed by atoms with Crippen molar-refractivity contribution in [2.24, 2.45) is 0 Å². The van der Waals surface area contributed by atoms with Gasteiger partial charge in [-0.2, -0.15) is 0 Å². The van der Waals surface area contributed by atoms with Gasteiger partial charge in [-0.05, 0) is 68.5 Å². The van der Waals surface area contributed by atoms with Crippen molar-refractivity contribution >= 4 is 32.5 Å². The number of aromatic nitrogens is 1. The maximum absolute atomic E-state index is 13.0. The van der Waals surface area contributed by atoms with Crippen LogP contribution in [0.1, 0.15) is 36.1 Å². The Hall–Kier alpha value is -2.64. The molecule has 0 radical (unpaired) electrons. The zero-order valence-corrected chi connectivity index (χ0v) is 18.2. The van der Waals surface area contributed by atoms with E-state index in [1.54, 1.807) is 26.0 Å². The molecule has 3 N–H and O–H groups in total. The van der Waals surface area contributed by atoms with E-state index in [9.17, 15) is 13.2 Å². The molecule has 7 heteroatoms. The zero-order chi connectivity index (χ0) is 21.3. The Bertz CT molecular complexity index is 1180. The number of carbonyl (C=O) groups excluding carboxylic acids is 1. The molecule has 2 aromatic carbocycles. The number of benzene rings is 2. The summed E-state index contributed by atoms with van der Waals surface area (Å²) in [6.45, 7) is 8.84. The highest BCUT2D eigenvalue weighted by molar-refractivity contribution is 7.89. The van der Waals surface area contributed by atoms with Crippen LogP contribution in [0.25, 0.3) is 10.9 Å². The van der Waals surface area contributed by atoms with Crippen molar-refractivity contribution in [2.45, 2.75) is 52.0 Å². The lowest BCUT2D eigenvalue weighted by atomic mass is 10.1. The molecule has 0 saturated heterocycles. The molecule has 0 aliphatic rings. The molecule has 6 nitrogen and oxygen atoms in total. The topological polar surface area (TPSA) is 91.1 Å². The highest BCUT2D eigenvalue weighted by Crippen LogP contribution is 2.25. The minimum atomic E-state index is -3.70. The number of anilines is 1. The summed E-state index contributed by atoms with van der Waals surface area (Å²) in [5, 5.41) is 3.84. The fraction of sp³-hybridized carbons (Fsp3) is 0.318. The Balaban J connectivity index is 1.82. The fourth-order valence-corrected chi connectivity index (χ4v) is 5.19. The van der Waals surface area contributed by atoms with E-state index in [1.807, 2.05) is 38.2 Å². The SMILES string of the molecule is CC(=O)Nc1cc(C)c(S(=O)(=O)N[C@H](C)Cc2c[nH]c3c(C)cccc23)cc1C.